The Kier molecular flexibility index (Phi) is 7.78. The number of nitrogens with zero attached hydrogens (tertiary/aromatic N) is 2. The molecule has 0 aliphatic heterocycles. The zero-order chi connectivity index (χ0) is 29.0. The third kappa shape index (κ3) is 6.24. The first kappa shape index (κ1) is 27.5. The van der Waals surface area contributed by atoms with Crippen LogP contribution in [0.4, 0.5) is 19.0 Å². The van der Waals surface area contributed by atoms with E-state index < -0.39 is 17.6 Å². The highest BCUT2D eigenvalue weighted by molar-refractivity contribution is 6.08. The first-order valence-electron chi connectivity index (χ1n) is 12.9. The van der Waals surface area contributed by atoms with Crippen LogP contribution in [0.25, 0.3) is 22.0 Å². The predicted octanol–water partition coefficient (Wildman–Crippen LogP) is 7.45. The number of fused-ring (bicyclic) bond motifs is 1. The summed E-state index contributed by atoms with van der Waals surface area (Å²) in [4.78, 5) is 35.0. The van der Waals surface area contributed by atoms with Crippen molar-refractivity contribution in [3.8, 4) is 11.1 Å². The first-order chi connectivity index (χ1) is 19.7. The second-order valence-corrected chi connectivity index (χ2v) is 9.37. The number of rotatable bonds is 7. The molecule has 0 fully saturated rings. The fraction of sp³-hybridized carbons (Fsp3) is 0.125. The van der Waals surface area contributed by atoms with Crippen molar-refractivity contribution in [2.75, 3.05) is 5.32 Å². The first-order valence-corrected chi connectivity index (χ1v) is 12.9. The van der Waals surface area contributed by atoms with Gasteiger partial charge in [-0.1, -0.05) is 43.3 Å². The SMILES string of the molecule is CC[C@@H](NC(=O)c1ccc2nc(NC(=O)c3ccccc3-c3ccc(C(F)(F)F)cc3)ccc2c1)c1ccccn1. The van der Waals surface area contributed by atoms with Crippen molar-refractivity contribution in [3.05, 3.63) is 126 Å². The topological polar surface area (TPSA) is 84.0 Å². The minimum Gasteiger partial charge on any atom is -0.344 e. The van der Waals surface area contributed by atoms with E-state index in [2.05, 4.69) is 20.6 Å². The van der Waals surface area contributed by atoms with Gasteiger partial charge in [-0.25, -0.2) is 4.98 Å². The monoisotopic (exact) mass is 554 g/mol. The van der Waals surface area contributed by atoms with Crippen molar-refractivity contribution in [3.63, 3.8) is 0 Å². The molecule has 0 saturated heterocycles. The molecular formula is C32H25F3N4O2. The highest BCUT2D eigenvalue weighted by Gasteiger charge is 2.30. The number of hydrogen-bond donors (Lipinski definition) is 2. The lowest BCUT2D eigenvalue weighted by atomic mass is 9.98. The third-order valence-corrected chi connectivity index (χ3v) is 6.65. The van der Waals surface area contributed by atoms with E-state index in [9.17, 15) is 22.8 Å². The Hall–Kier alpha value is -5.05. The van der Waals surface area contributed by atoms with Crippen molar-refractivity contribution in [1.82, 2.24) is 15.3 Å². The van der Waals surface area contributed by atoms with Gasteiger partial charge in [-0.05, 0) is 78.2 Å². The molecule has 0 spiro atoms. The van der Waals surface area contributed by atoms with Crippen LogP contribution in [0.1, 0.15) is 51.4 Å². The lowest BCUT2D eigenvalue weighted by Crippen LogP contribution is -2.28. The number of halogens is 3. The van der Waals surface area contributed by atoms with Crippen LogP contribution in [-0.2, 0) is 6.18 Å². The number of carbonyl (C=O) groups excluding carboxylic acids is 2. The quantitative estimate of drug-likeness (QED) is 0.219. The molecule has 0 unspecified atom stereocenters. The molecule has 2 N–H and O–H groups in total. The summed E-state index contributed by atoms with van der Waals surface area (Å²) >= 11 is 0. The smallest absolute Gasteiger partial charge is 0.344 e. The van der Waals surface area contributed by atoms with Crippen molar-refractivity contribution < 1.29 is 22.8 Å². The van der Waals surface area contributed by atoms with Crippen LogP contribution in [0.2, 0.25) is 0 Å². The Balaban J connectivity index is 1.33. The van der Waals surface area contributed by atoms with E-state index in [1.54, 1.807) is 60.8 Å². The minimum absolute atomic E-state index is 0.222. The second-order valence-electron chi connectivity index (χ2n) is 9.37. The van der Waals surface area contributed by atoms with E-state index in [0.717, 1.165) is 17.8 Å². The summed E-state index contributed by atoms with van der Waals surface area (Å²) in [5.41, 5.74) is 2.33. The van der Waals surface area contributed by atoms with Crippen molar-refractivity contribution in [2.24, 2.45) is 0 Å². The number of amides is 2. The molecule has 9 heteroatoms. The van der Waals surface area contributed by atoms with E-state index in [1.807, 2.05) is 25.1 Å². The maximum atomic E-state index is 13.2. The number of hydrogen-bond acceptors (Lipinski definition) is 4. The number of aromatic nitrogens is 2. The van der Waals surface area contributed by atoms with Gasteiger partial charge in [-0.2, -0.15) is 13.2 Å². The van der Waals surface area contributed by atoms with Crippen LogP contribution >= 0.6 is 0 Å². The van der Waals surface area contributed by atoms with Gasteiger partial charge in [0.25, 0.3) is 11.8 Å². The fourth-order valence-electron chi connectivity index (χ4n) is 4.50. The van der Waals surface area contributed by atoms with Crippen LogP contribution in [0, 0.1) is 0 Å². The summed E-state index contributed by atoms with van der Waals surface area (Å²) in [6.07, 6.45) is -2.07. The number of alkyl halides is 3. The lowest BCUT2D eigenvalue weighted by Gasteiger charge is -2.16. The van der Waals surface area contributed by atoms with Gasteiger partial charge in [-0.15, -0.1) is 0 Å². The number of nitrogens with one attached hydrogen (secondary N) is 2. The van der Waals surface area contributed by atoms with Gasteiger partial charge in [0.05, 0.1) is 22.8 Å². The van der Waals surface area contributed by atoms with Gasteiger partial charge in [0.15, 0.2) is 0 Å². The molecule has 6 nitrogen and oxygen atoms in total. The molecule has 0 aliphatic carbocycles. The van der Waals surface area contributed by atoms with Crippen molar-refractivity contribution in [1.29, 1.82) is 0 Å². The zero-order valence-corrected chi connectivity index (χ0v) is 21.9. The Morgan fingerprint density at radius 3 is 2.32 bits per heavy atom. The third-order valence-electron chi connectivity index (χ3n) is 6.65. The van der Waals surface area contributed by atoms with Crippen LogP contribution < -0.4 is 10.6 Å². The van der Waals surface area contributed by atoms with Crippen LogP contribution in [0.5, 0.6) is 0 Å². The summed E-state index contributed by atoms with van der Waals surface area (Å²) in [6, 6.07) is 25.2. The van der Waals surface area contributed by atoms with Crippen LogP contribution in [-0.4, -0.2) is 21.8 Å². The molecule has 41 heavy (non-hydrogen) atoms. The summed E-state index contributed by atoms with van der Waals surface area (Å²) in [6.45, 7) is 1.97. The lowest BCUT2D eigenvalue weighted by molar-refractivity contribution is -0.137. The van der Waals surface area contributed by atoms with E-state index in [0.29, 0.717) is 45.4 Å². The Morgan fingerprint density at radius 1 is 0.854 bits per heavy atom. The molecule has 2 heterocycles. The normalized spacial score (nSPS) is 12.1. The highest BCUT2D eigenvalue weighted by Crippen LogP contribution is 2.32. The highest BCUT2D eigenvalue weighted by atomic mass is 19.4. The number of anilines is 1. The average Bonchev–Trinajstić information content (AvgIpc) is 2.99. The van der Waals surface area contributed by atoms with Crippen LogP contribution in [0.15, 0.2) is 103 Å². The Bertz CT molecular complexity index is 1700. The molecule has 0 saturated carbocycles. The van der Waals surface area contributed by atoms with Gasteiger partial charge < -0.3 is 10.6 Å². The standard InChI is InChI=1S/C32H25F3N4O2/c1-2-26(28-9-5-6-18-36-28)38-30(40)22-12-16-27-21(19-22)13-17-29(37-27)39-31(41)25-8-4-3-7-24(25)20-10-14-23(15-11-20)32(33,34)35/h3-19,26H,2H2,1H3,(H,38,40)(H,37,39,41)/t26-/m1/s1. The molecule has 0 radical (unpaired) electrons. The zero-order valence-electron chi connectivity index (χ0n) is 21.9. The Morgan fingerprint density at radius 2 is 1.61 bits per heavy atom. The average molecular weight is 555 g/mol. The van der Waals surface area contributed by atoms with E-state index in [-0.39, 0.29) is 11.9 Å². The molecule has 2 aromatic heterocycles. The summed E-state index contributed by atoms with van der Waals surface area (Å²) in [5, 5.41) is 6.50. The predicted molar refractivity (Wildman–Crippen MR) is 151 cm³/mol. The summed E-state index contributed by atoms with van der Waals surface area (Å²) in [7, 11) is 0. The minimum atomic E-state index is -4.45. The van der Waals surface area contributed by atoms with Gasteiger partial charge in [-0.3, -0.25) is 14.6 Å². The molecule has 3 aromatic carbocycles. The molecule has 5 rings (SSSR count). The molecule has 2 amide bonds. The molecule has 206 valence electrons. The summed E-state index contributed by atoms with van der Waals surface area (Å²) in [5.74, 6) is -0.395. The molecule has 5 aromatic rings. The van der Waals surface area contributed by atoms with Gasteiger partial charge >= 0.3 is 6.18 Å². The molecule has 0 aliphatic rings. The summed E-state index contributed by atoms with van der Waals surface area (Å²) < 4.78 is 38.9. The van der Waals surface area contributed by atoms with Crippen molar-refractivity contribution >= 4 is 28.5 Å². The van der Waals surface area contributed by atoms with Crippen LogP contribution in [0.3, 0.4) is 0 Å². The maximum Gasteiger partial charge on any atom is 0.416 e. The molecule has 1 atom stereocenters. The number of pyridine rings is 2. The van der Waals surface area contributed by atoms with E-state index >= 15 is 0 Å². The van der Waals surface area contributed by atoms with Gasteiger partial charge in [0.1, 0.15) is 5.82 Å². The molecular weight excluding hydrogens is 529 g/mol. The fourth-order valence-corrected chi connectivity index (χ4v) is 4.50. The number of carbonyl (C=O) groups is 2. The van der Waals surface area contributed by atoms with Crippen molar-refractivity contribution in [2.45, 2.75) is 25.6 Å². The van der Waals surface area contributed by atoms with E-state index in [1.165, 1.54) is 12.1 Å². The second kappa shape index (κ2) is 11.6. The maximum absolute atomic E-state index is 13.2. The van der Waals surface area contributed by atoms with E-state index in [4.69, 9.17) is 0 Å². The van der Waals surface area contributed by atoms with Gasteiger partial charge in [0, 0.05) is 22.7 Å². The Labute approximate surface area is 234 Å². The largest absolute Gasteiger partial charge is 0.416 e. The molecule has 0 bridgehead atoms. The number of benzene rings is 3. The van der Waals surface area contributed by atoms with Gasteiger partial charge in [0.2, 0.25) is 0 Å².